The van der Waals surface area contributed by atoms with E-state index < -0.39 is 10.0 Å². The molecule has 1 saturated heterocycles. The van der Waals surface area contributed by atoms with Gasteiger partial charge in [-0.05, 0) is 48.9 Å². The molecule has 2 aromatic rings. The molecule has 0 saturated carbocycles. The molecule has 1 amide bonds. The molecule has 1 unspecified atom stereocenters. The van der Waals surface area contributed by atoms with E-state index in [2.05, 4.69) is 4.98 Å². The van der Waals surface area contributed by atoms with E-state index in [9.17, 15) is 13.2 Å². The summed E-state index contributed by atoms with van der Waals surface area (Å²) in [5, 5.41) is 0.411. The van der Waals surface area contributed by atoms with Gasteiger partial charge in [-0.2, -0.15) is 4.31 Å². The van der Waals surface area contributed by atoms with Gasteiger partial charge in [-0.25, -0.2) is 8.42 Å². The third-order valence-corrected chi connectivity index (χ3v) is 8.16. The van der Waals surface area contributed by atoms with Crippen molar-refractivity contribution in [2.45, 2.75) is 43.1 Å². The normalized spacial score (nSPS) is 21.6. The Morgan fingerprint density at radius 1 is 1.13 bits per heavy atom. The molecule has 0 radical (unpaired) electrons. The number of aryl methyl sites for hydroxylation is 1. The maximum atomic E-state index is 13.4. The topological polar surface area (TPSA) is 79.8 Å². The van der Waals surface area contributed by atoms with Gasteiger partial charge >= 0.3 is 0 Å². The Hall–Kier alpha value is -2.16. The van der Waals surface area contributed by atoms with Crippen LogP contribution in [0.1, 0.15) is 30.4 Å². The average Bonchev–Trinajstić information content (AvgIpc) is 3.18. The lowest BCUT2D eigenvalue weighted by molar-refractivity contribution is -0.118. The van der Waals surface area contributed by atoms with Gasteiger partial charge in [-0.3, -0.25) is 9.78 Å². The number of hydrogen-bond acceptors (Lipinski definition) is 5. The summed E-state index contributed by atoms with van der Waals surface area (Å²) >= 11 is 6.13. The second-order valence-corrected chi connectivity index (χ2v) is 10.3. The summed E-state index contributed by atoms with van der Waals surface area (Å²) in [5.74, 6) is 0.644. The van der Waals surface area contributed by atoms with Crippen molar-refractivity contribution in [1.29, 1.82) is 0 Å². The SMILES string of the molecule is O=C1CCc2cc(S(=O)(=O)N3CCCC(Oc4ccncc4Cl)C3)cc3c2N1CC3. The fourth-order valence-corrected chi connectivity index (χ4v) is 6.36. The zero-order valence-corrected chi connectivity index (χ0v) is 18.0. The van der Waals surface area contributed by atoms with Crippen molar-refractivity contribution in [3.05, 3.63) is 46.7 Å². The van der Waals surface area contributed by atoms with Crippen LogP contribution in [0.3, 0.4) is 0 Å². The number of ether oxygens (including phenoxy) is 1. The lowest BCUT2D eigenvalue weighted by Crippen LogP contribution is -2.44. The third-order valence-electron chi connectivity index (χ3n) is 6.03. The zero-order valence-electron chi connectivity index (χ0n) is 16.4. The summed E-state index contributed by atoms with van der Waals surface area (Å²) in [4.78, 5) is 18.2. The number of halogens is 1. The number of amides is 1. The predicted molar refractivity (Wildman–Crippen MR) is 112 cm³/mol. The third kappa shape index (κ3) is 3.36. The van der Waals surface area contributed by atoms with Crippen LogP contribution in [-0.2, 0) is 27.7 Å². The maximum absolute atomic E-state index is 13.4. The van der Waals surface area contributed by atoms with Crippen LogP contribution >= 0.6 is 11.6 Å². The molecule has 1 aromatic heterocycles. The monoisotopic (exact) mass is 447 g/mol. The maximum Gasteiger partial charge on any atom is 0.243 e. The molecular weight excluding hydrogens is 426 g/mol. The Labute approximate surface area is 180 Å². The van der Waals surface area contributed by atoms with Crippen LogP contribution in [0.4, 0.5) is 5.69 Å². The van der Waals surface area contributed by atoms with Crippen LogP contribution in [0.2, 0.25) is 5.02 Å². The number of piperidine rings is 1. The van der Waals surface area contributed by atoms with Crippen LogP contribution in [0, 0.1) is 0 Å². The number of sulfonamides is 1. The largest absolute Gasteiger partial charge is 0.487 e. The second-order valence-electron chi connectivity index (χ2n) is 7.94. The fourth-order valence-electron chi connectivity index (χ4n) is 4.58. The molecular formula is C21H22ClN3O4S. The first-order valence-electron chi connectivity index (χ1n) is 10.2. The molecule has 0 aliphatic carbocycles. The Morgan fingerprint density at radius 3 is 2.73 bits per heavy atom. The lowest BCUT2D eigenvalue weighted by Gasteiger charge is -2.32. The molecule has 0 spiro atoms. The Balaban J connectivity index is 1.40. The van der Waals surface area contributed by atoms with Crippen molar-refractivity contribution >= 4 is 33.2 Å². The number of carbonyl (C=O) groups excluding carboxylic acids is 1. The number of benzene rings is 1. The van der Waals surface area contributed by atoms with Crippen LogP contribution < -0.4 is 9.64 Å². The van der Waals surface area contributed by atoms with Crippen LogP contribution in [-0.4, -0.2) is 49.4 Å². The minimum atomic E-state index is -3.65. The van der Waals surface area contributed by atoms with E-state index in [4.69, 9.17) is 16.3 Å². The summed E-state index contributed by atoms with van der Waals surface area (Å²) in [6, 6.07) is 5.19. The van der Waals surface area contributed by atoms with Crippen molar-refractivity contribution in [2.75, 3.05) is 24.5 Å². The van der Waals surface area contributed by atoms with Crippen LogP contribution in [0.25, 0.3) is 0 Å². The van der Waals surface area contributed by atoms with Crippen LogP contribution in [0.5, 0.6) is 5.75 Å². The van der Waals surface area contributed by atoms with Gasteiger partial charge in [0.2, 0.25) is 15.9 Å². The predicted octanol–water partition coefficient (Wildman–Crippen LogP) is 2.80. The molecule has 9 heteroatoms. The number of aromatic nitrogens is 1. The Morgan fingerprint density at radius 2 is 1.93 bits per heavy atom. The van der Waals surface area contributed by atoms with E-state index in [0.29, 0.717) is 54.4 Å². The van der Waals surface area contributed by atoms with Crippen molar-refractivity contribution in [3.63, 3.8) is 0 Å². The number of anilines is 1. The molecule has 30 heavy (non-hydrogen) atoms. The molecule has 158 valence electrons. The van der Waals surface area contributed by atoms with Crippen molar-refractivity contribution < 1.29 is 17.9 Å². The van der Waals surface area contributed by atoms with E-state index in [0.717, 1.165) is 23.2 Å². The number of nitrogens with zero attached hydrogens (tertiary/aromatic N) is 3. The highest BCUT2D eigenvalue weighted by atomic mass is 35.5. The zero-order chi connectivity index (χ0) is 20.9. The Bertz CT molecular complexity index is 1120. The van der Waals surface area contributed by atoms with Gasteiger partial charge in [0.1, 0.15) is 16.9 Å². The van der Waals surface area contributed by atoms with Gasteiger partial charge in [-0.15, -0.1) is 0 Å². The van der Waals surface area contributed by atoms with Gasteiger partial charge in [0.15, 0.2) is 0 Å². The molecule has 4 heterocycles. The first-order valence-corrected chi connectivity index (χ1v) is 12.0. The quantitative estimate of drug-likeness (QED) is 0.720. The number of hydrogen-bond donors (Lipinski definition) is 0. The van der Waals surface area contributed by atoms with E-state index in [1.165, 1.54) is 10.5 Å². The molecule has 1 fully saturated rings. The fraction of sp³-hybridized carbons (Fsp3) is 0.429. The molecule has 1 atom stereocenters. The van der Waals surface area contributed by atoms with Crippen molar-refractivity contribution in [3.8, 4) is 5.75 Å². The molecule has 0 N–H and O–H groups in total. The number of pyridine rings is 1. The van der Waals surface area contributed by atoms with E-state index in [1.807, 2.05) is 0 Å². The van der Waals surface area contributed by atoms with Gasteiger partial charge in [0.25, 0.3) is 0 Å². The molecule has 3 aliphatic rings. The summed E-state index contributed by atoms with van der Waals surface area (Å²) in [6.07, 6.45) is 6.04. The minimum Gasteiger partial charge on any atom is -0.487 e. The Kier molecular flexibility index (Phi) is 4.95. The molecule has 0 bridgehead atoms. The first kappa shape index (κ1) is 19.8. The van der Waals surface area contributed by atoms with E-state index in [1.54, 1.807) is 29.3 Å². The van der Waals surface area contributed by atoms with E-state index in [-0.39, 0.29) is 18.6 Å². The summed E-state index contributed by atoms with van der Waals surface area (Å²) in [7, 11) is -3.65. The smallest absolute Gasteiger partial charge is 0.243 e. The molecule has 7 nitrogen and oxygen atoms in total. The van der Waals surface area contributed by atoms with Crippen molar-refractivity contribution in [2.24, 2.45) is 0 Å². The van der Waals surface area contributed by atoms with Gasteiger partial charge in [-0.1, -0.05) is 11.6 Å². The van der Waals surface area contributed by atoms with Gasteiger partial charge < -0.3 is 9.64 Å². The standard InChI is InChI=1S/C21H22ClN3O4S/c22-18-12-23-7-5-19(18)29-16-2-1-8-24(13-16)30(27,28)17-10-14-3-4-20(26)25-9-6-15(11-17)21(14)25/h5,7,10-12,16H,1-4,6,8-9,13H2. The van der Waals surface area contributed by atoms with Crippen molar-refractivity contribution in [1.82, 2.24) is 9.29 Å². The average molecular weight is 448 g/mol. The van der Waals surface area contributed by atoms with Gasteiger partial charge in [0, 0.05) is 38.0 Å². The molecule has 1 aromatic carbocycles. The van der Waals surface area contributed by atoms with Gasteiger partial charge in [0.05, 0.1) is 17.1 Å². The highest BCUT2D eigenvalue weighted by molar-refractivity contribution is 7.89. The second kappa shape index (κ2) is 7.51. The lowest BCUT2D eigenvalue weighted by atomic mass is 10.00. The highest BCUT2D eigenvalue weighted by Crippen LogP contribution is 2.39. The number of rotatable bonds is 4. The number of carbonyl (C=O) groups is 1. The summed E-state index contributed by atoms with van der Waals surface area (Å²) < 4.78 is 34.4. The minimum absolute atomic E-state index is 0.127. The van der Waals surface area contributed by atoms with E-state index >= 15 is 0 Å². The molecule has 3 aliphatic heterocycles. The molecule has 5 rings (SSSR count). The first-order chi connectivity index (χ1) is 14.4. The summed E-state index contributed by atoms with van der Waals surface area (Å²) in [5.41, 5.74) is 2.83. The summed E-state index contributed by atoms with van der Waals surface area (Å²) in [6.45, 7) is 1.37. The van der Waals surface area contributed by atoms with Crippen LogP contribution in [0.15, 0.2) is 35.5 Å². The highest BCUT2D eigenvalue weighted by Gasteiger charge is 2.36.